The Morgan fingerprint density at radius 3 is 2.79 bits per heavy atom. The maximum Gasteiger partial charge on any atom is 0.0967 e. The molecule has 1 aromatic heterocycles. The number of aromatic nitrogens is 3. The fourth-order valence-electron chi connectivity index (χ4n) is 2.85. The number of aryl methyl sites for hydroxylation is 1. The molecule has 1 atom stereocenters. The van der Waals surface area contributed by atoms with Crippen LogP contribution >= 0.6 is 0 Å². The van der Waals surface area contributed by atoms with Crippen LogP contribution in [0.4, 0.5) is 0 Å². The average molecular weight is 265 g/mol. The van der Waals surface area contributed by atoms with Crippen LogP contribution < -0.4 is 5.32 Å². The van der Waals surface area contributed by atoms with E-state index in [0.29, 0.717) is 6.04 Å². The monoisotopic (exact) mass is 265 g/mol. The van der Waals surface area contributed by atoms with E-state index >= 15 is 0 Å². The Morgan fingerprint density at radius 1 is 1.47 bits per heavy atom. The van der Waals surface area contributed by atoms with Gasteiger partial charge >= 0.3 is 0 Å². The topological polar surface area (TPSA) is 46.0 Å². The van der Waals surface area contributed by atoms with Gasteiger partial charge in [0.25, 0.3) is 0 Å². The van der Waals surface area contributed by atoms with E-state index in [2.05, 4.69) is 48.2 Å². The molecule has 5 heteroatoms. The van der Waals surface area contributed by atoms with E-state index in [1.165, 1.54) is 6.42 Å². The van der Waals surface area contributed by atoms with Gasteiger partial charge in [0.15, 0.2) is 0 Å². The van der Waals surface area contributed by atoms with Crippen molar-refractivity contribution in [3.05, 3.63) is 11.9 Å². The molecule has 1 aliphatic rings. The summed E-state index contributed by atoms with van der Waals surface area (Å²) in [6.45, 7) is 12.1. The standard InChI is InChI=1S/C14H27N5/c1-11(2)6-13-7-15-14(3,4)10-19(13)9-12-8-18(5)17-16-12/h8,11,13,15H,6-7,9-10H2,1-5H3. The third-order valence-electron chi connectivity index (χ3n) is 3.69. The molecule has 1 fully saturated rings. The Balaban J connectivity index is 2.06. The molecule has 0 amide bonds. The molecule has 0 saturated carbocycles. The molecule has 0 bridgehead atoms. The zero-order chi connectivity index (χ0) is 14.0. The smallest absolute Gasteiger partial charge is 0.0967 e. The lowest BCUT2D eigenvalue weighted by Gasteiger charge is -2.45. The van der Waals surface area contributed by atoms with Crippen LogP contribution in [0.5, 0.6) is 0 Å². The summed E-state index contributed by atoms with van der Waals surface area (Å²) in [5.74, 6) is 0.720. The maximum absolute atomic E-state index is 4.22. The number of hydrogen-bond acceptors (Lipinski definition) is 4. The lowest BCUT2D eigenvalue weighted by Crippen LogP contribution is -2.61. The highest BCUT2D eigenvalue weighted by Crippen LogP contribution is 2.21. The Hall–Kier alpha value is -0.940. The van der Waals surface area contributed by atoms with Gasteiger partial charge in [-0.25, -0.2) is 0 Å². The summed E-state index contributed by atoms with van der Waals surface area (Å²) in [6.07, 6.45) is 3.24. The van der Waals surface area contributed by atoms with Gasteiger partial charge < -0.3 is 5.32 Å². The van der Waals surface area contributed by atoms with Crippen LogP contribution in [-0.4, -0.2) is 44.6 Å². The van der Waals surface area contributed by atoms with Crippen molar-refractivity contribution < 1.29 is 0 Å². The molecule has 19 heavy (non-hydrogen) atoms. The number of hydrogen-bond donors (Lipinski definition) is 1. The van der Waals surface area contributed by atoms with E-state index in [0.717, 1.165) is 31.2 Å². The highest BCUT2D eigenvalue weighted by Gasteiger charge is 2.32. The third-order valence-corrected chi connectivity index (χ3v) is 3.69. The summed E-state index contributed by atoms with van der Waals surface area (Å²) < 4.78 is 1.78. The maximum atomic E-state index is 4.22. The van der Waals surface area contributed by atoms with Crippen molar-refractivity contribution >= 4 is 0 Å². The van der Waals surface area contributed by atoms with Crippen LogP contribution in [0.1, 0.15) is 39.8 Å². The first-order valence-electron chi connectivity index (χ1n) is 7.20. The van der Waals surface area contributed by atoms with E-state index in [9.17, 15) is 0 Å². The van der Waals surface area contributed by atoms with Crippen LogP contribution in [0.2, 0.25) is 0 Å². The minimum atomic E-state index is 0.176. The Morgan fingerprint density at radius 2 is 2.21 bits per heavy atom. The van der Waals surface area contributed by atoms with Crippen LogP contribution in [0.25, 0.3) is 0 Å². The first kappa shape index (κ1) is 14.5. The van der Waals surface area contributed by atoms with Crippen molar-refractivity contribution in [1.82, 2.24) is 25.2 Å². The average Bonchev–Trinajstić information content (AvgIpc) is 2.67. The quantitative estimate of drug-likeness (QED) is 0.894. The van der Waals surface area contributed by atoms with Crippen LogP contribution in [0, 0.1) is 5.92 Å². The van der Waals surface area contributed by atoms with Gasteiger partial charge in [0.2, 0.25) is 0 Å². The minimum Gasteiger partial charge on any atom is -0.309 e. The third kappa shape index (κ3) is 4.01. The molecular weight excluding hydrogens is 238 g/mol. The molecular formula is C14H27N5. The van der Waals surface area contributed by atoms with Crippen molar-refractivity contribution in [1.29, 1.82) is 0 Å². The van der Waals surface area contributed by atoms with Crippen molar-refractivity contribution in [2.45, 2.75) is 52.2 Å². The summed E-state index contributed by atoms with van der Waals surface area (Å²) in [7, 11) is 1.92. The van der Waals surface area contributed by atoms with Crippen LogP contribution in [0.15, 0.2) is 6.20 Å². The molecule has 1 N–H and O–H groups in total. The van der Waals surface area contributed by atoms with E-state index in [4.69, 9.17) is 0 Å². The second kappa shape index (κ2) is 5.59. The van der Waals surface area contributed by atoms with Gasteiger partial charge in [0, 0.05) is 44.5 Å². The lowest BCUT2D eigenvalue weighted by molar-refractivity contribution is 0.0748. The second-order valence-corrected chi connectivity index (χ2v) is 6.84. The fraction of sp³-hybridized carbons (Fsp3) is 0.857. The van der Waals surface area contributed by atoms with Crippen molar-refractivity contribution in [3.63, 3.8) is 0 Å². The van der Waals surface area contributed by atoms with E-state index in [1.54, 1.807) is 4.68 Å². The van der Waals surface area contributed by atoms with E-state index < -0.39 is 0 Å². The summed E-state index contributed by atoms with van der Waals surface area (Å²) in [6, 6.07) is 0.593. The van der Waals surface area contributed by atoms with E-state index in [-0.39, 0.29) is 5.54 Å². The zero-order valence-corrected chi connectivity index (χ0v) is 12.8. The van der Waals surface area contributed by atoms with Gasteiger partial charge in [-0.2, -0.15) is 0 Å². The number of piperazine rings is 1. The number of nitrogens with one attached hydrogen (secondary N) is 1. The SMILES string of the molecule is CC(C)CC1CNC(C)(C)CN1Cc1cn(C)nn1. The lowest BCUT2D eigenvalue weighted by atomic mass is 9.94. The predicted molar refractivity (Wildman–Crippen MR) is 76.7 cm³/mol. The Kier molecular flexibility index (Phi) is 4.26. The summed E-state index contributed by atoms with van der Waals surface area (Å²) >= 11 is 0. The van der Waals surface area contributed by atoms with Crippen molar-refractivity contribution in [2.75, 3.05) is 13.1 Å². The molecule has 0 spiro atoms. The predicted octanol–water partition coefficient (Wildman–Crippen LogP) is 1.41. The van der Waals surface area contributed by atoms with Crippen LogP contribution in [0.3, 0.4) is 0 Å². The van der Waals surface area contributed by atoms with Gasteiger partial charge in [-0.3, -0.25) is 9.58 Å². The molecule has 1 unspecified atom stereocenters. The highest BCUT2D eigenvalue weighted by molar-refractivity contribution is 4.98. The molecule has 108 valence electrons. The Bertz CT molecular complexity index is 410. The van der Waals surface area contributed by atoms with Crippen molar-refractivity contribution in [2.24, 2.45) is 13.0 Å². The molecule has 0 aromatic carbocycles. The van der Waals surface area contributed by atoms with Gasteiger partial charge in [0.1, 0.15) is 0 Å². The normalized spacial score (nSPS) is 24.0. The summed E-state index contributed by atoms with van der Waals surface area (Å²) in [4.78, 5) is 2.56. The van der Waals surface area contributed by atoms with Gasteiger partial charge in [-0.15, -0.1) is 5.10 Å². The molecule has 0 radical (unpaired) electrons. The highest BCUT2D eigenvalue weighted by atomic mass is 15.4. The molecule has 1 saturated heterocycles. The molecule has 5 nitrogen and oxygen atoms in total. The zero-order valence-electron chi connectivity index (χ0n) is 12.8. The molecule has 2 heterocycles. The van der Waals surface area contributed by atoms with Crippen molar-refractivity contribution in [3.8, 4) is 0 Å². The second-order valence-electron chi connectivity index (χ2n) is 6.84. The van der Waals surface area contributed by atoms with E-state index in [1.807, 2.05) is 13.2 Å². The first-order valence-corrected chi connectivity index (χ1v) is 7.20. The van der Waals surface area contributed by atoms with Gasteiger partial charge in [-0.05, 0) is 26.2 Å². The molecule has 2 rings (SSSR count). The summed E-state index contributed by atoms with van der Waals surface area (Å²) in [5.41, 5.74) is 1.24. The number of nitrogens with zero attached hydrogens (tertiary/aromatic N) is 4. The molecule has 1 aromatic rings. The largest absolute Gasteiger partial charge is 0.309 e. The number of rotatable bonds is 4. The minimum absolute atomic E-state index is 0.176. The molecule has 1 aliphatic heterocycles. The fourth-order valence-corrected chi connectivity index (χ4v) is 2.85. The summed E-state index contributed by atoms with van der Waals surface area (Å²) in [5, 5.41) is 11.9. The Labute approximate surface area is 116 Å². The first-order chi connectivity index (χ1) is 8.85. The van der Waals surface area contributed by atoms with Crippen LogP contribution in [-0.2, 0) is 13.6 Å². The van der Waals surface area contributed by atoms with Gasteiger partial charge in [0.05, 0.1) is 5.69 Å². The van der Waals surface area contributed by atoms with Gasteiger partial charge in [-0.1, -0.05) is 19.1 Å². The molecule has 0 aliphatic carbocycles.